The highest BCUT2D eigenvalue weighted by Gasteiger charge is 2.19. The average Bonchev–Trinajstić information content (AvgIpc) is 2.06. The fourth-order valence-electron chi connectivity index (χ4n) is 1.65. The molecule has 1 aliphatic heterocycles. The van der Waals surface area contributed by atoms with Crippen LogP contribution in [0.3, 0.4) is 0 Å². The molecule has 0 unspecified atom stereocenters. The molecule has 0 aromatic carbocycles. The van der Waals surface area contributed by atoms with Crippen molar-refractivity contribution in [2.75, 3.05) is 32.8 Å². The maximum Gasteiger partial charge on any atom is 0.0446 e. The third kappa shape index (κ3) is 2.43. The molecule has 3 heteroatoms. The predicted octanol–water partition coefficient (Wildman–Crippen LogP) is -0.337. The van der Waals surface area contributed by atoms with Crippen LogP contribution in [0.1, 0.15) is 13.3 Å². The quantitative estimate of drug-likeness (QED) is 0.590. The second-order valence-electron chi connectivity index (χ2n) is 3.00. The van der Waals surface area contributed by atoms with E-state index in [1.54, 1.807) is 0 Å². The Bertz CT molecular complexity index is 106. The van der Waals surface area contributed by atoms with Crippen LogP contribution in [0.25, 0.3) is 0 Å². The van der Waals surface area contributed by atoms with Gasteiger partial charge >= 0.3 is 0 Å². The predicted molar refractivity (Wildman–Crippen MR) is 45.6 cm³/mol. The Hall–Kier alpha value is -0.120. The smallest absolute Gasteiger partial charge is 0.0446 e. The summed E-state index contributed by atoms with van der Waals surface area (Å²) in [6.07, 6.45) is 0.904. The zero-order chi connectivity index (χ0) is 8.10. The third-order valence-electron chi connectivity index (χ3n) is 2.34. The molecule has 0 radical (unpaired) electrons. The van der Waals surface area contributed by atoms with Crippen molar-refractivity contribution in [3.05, 3.63) is 0 Å². The fourth-order valence-corrected chi connectivity index (χ4v) is 1.65. The Labute approximate surface area is 68.4 Å². The van der Waals surface area contributed by atoms with Crippen LogP contribution in [0.15, 0.2) is 0 Å². The van der Waals surface area contributed by atoms with E-state index < -0.39 is 0 Å². The van der Waals surface area contributed by atoms with Crippen molar-refractivity contribution in [2.24, 2.45) is 0 Å². The molecule has 11 heavy (non-hydrogen) atoms. The zero-order valence-corrected chi connectivity index (χ0v) is 7.21. The van der Waals surface area contributed by atoms with Gasteiger partial charge in [-0.3, -0.25) is 4.90 Å². The minimum atomic E-state index is 0.308. The van der Waals surface area contributed by atoms with Gasteiger partial charge < -0.3 is 10.4 Å². The molecule has 1 atom stereocenters. The number of hydrogen-bond donors (Lipinski definition) is 2. The molecule has 66 valence electrons. The van der Waals surface area contributed by atoms with Gasteiger partial charge in [0.05, 0.1) is 0 Å². The molecule has 0 aromatic rings. The van der Waals surface area contributed by atoms with E-state index in [9.17, 15) is 0 Å². The molecule has 1 aliphatic rings. The van der Waals surface area contributed by atoms with Crippen LogP contribution < -0.4 is 5.32 Å². The maximum atomic E-state index is 8.78. The van der Waals surface area contributed by atoms with Gasteiger partial charge in [-0.25, -0.2) is 0 Å². The minimum absolute atomic E-state index is 0.308. The monoisotopic (exact) mass is 158 g/mol. The van der Waals surface area contributed by atoms with Gasteiger partial charge in [-0.2, -0.15) is 0 Å². The lowest BCUT2D eigenvalue weighted by Gasteiger charge is -2.34. The number of hydrogen-bond acceptors (Lipinski definition) is 3. The Morgan fingerprint density at radius 2 is 2.45 bits per heavy atom. The van der Waals surface area contributed by atoms with E-state index >= 15 is 0 Å². The van der Waals surface area contributed by atoms with Crippen LogP contribution in [0, 0.1) is 0 Å². The highest BCUT2D eigenvalue weighted by Crippen LogP contribution is 2.05. The first-order valence-corrected chi connectivity index (χ1v) is 4.44. The summed E-state index contributed by atoms with van der Waals surface area (Å²) in [5.41, 5.74) is 0. The van der Waals surface area contributed by atoms with Crippen molar-refractivity contribution < 1.29 is 5.11 Å². The van der Waals surface area contributed by atoms with E-state index in [-0.39, 0.29) is 0 Å². The fraction of sp³-hybridized carbons (Fsp3) is 1.00. The van der Waals surface area contributed by atoms with E-state index in [0.717, 1.165) is 32.6 Å². The van der Waals surface area contributed by atoms with Gasteiger partial charge in [0.25, 0.3) is 0 Å². The van der Waals surface area contributed by atoms with Crippen molar-refractivity contribution >= 4 is 0 Å². The van der Waals surface area contributed by atoms with Gasteiger partial charge in [-0.15, -0.1) is 0 Å². The van der Waals surface area contributed by atoms with Crippen LogP contribution >= 0.6 is 0 Å². The summed E-state index contributed by atoms with van der Waals surface area (Å²) in [4.78, 5) is 2.42. The van der Waals surface area contributed by atoms with Gasteiger partial charge in [0.2, 0.25) is 0 Å². The first-order valence-electron chi connectivity index (χ1n) is 4.44. The lowest BCUT2D eigenvalue weighted by molar-refractivity contribution is 0.136. The highest BCUT2D eigenvalue weighted by atomic mass is 16.3. The topological polar surface area (TPSA) is 35.5 Å². The second-order valence-corrected chi connectivity index (χ2v) is 3.00. The second kappa shape index (κ2) is 4.70. The zero-order valence-electron chi connectivity index (χ0n) is 7.21. The number of aliphatic hydroxyl groups is 1. The number of nitrogens with zero attached hydrogens (tertiary/aromatic N) is 1. The lowest BCUT2D eigenvalue weighted by atomic mass is 10.1. The summed E-state index contributed by atoms with van der Waals surface area (Å²) >= 11 is 0. The van der Waals surface area contributed by atoms with E-state index in [0.29, 0.717) is 12.6 Å². The molecular weight excluding hydrogens is 140 g/mol. The average molecular weight is 158 g/mol. The van der Waals surface area contributed by atoms with Gasteiger partial charge in [0, 0.05) is 32.3 Å². The lowest BCUT2D eigenvalue weighted by Crippen LogP contribution is -2.51. The molecule has 0 bridgehead atoms. The van der Waals surface area contributed by atoms with Crippen LogP contribution in [-0.2, 0) is 0 Å². The SMILES string of the molecule is CCN1CCNC[C@H]1CCO. The molecule has 2 N–H and O–H groups in total. The molecule has 0 amide bonds. The van der Waals surface area contributed by atoms with Crippen molar-refractivity contribution in [3.8, 4) is 0 Å². The number of aliphatic hydroxyl groups excluding tert-OH is 1. The summed E-state index contributed by atoms with van der Waals surface area (Å²) < 4.78 is 0. The number of rotatable bonds is 3. The first kappa shape index (κ1) is 8.97. The van der Waals surface area contributed by atoms with Crippen molar-refractivity contribution in [1.29, 1.82) is 0 Å². The number of likely N-dealkylation sites (N-methyl/N-ethyl adjacent to an activating group) is 1. The first-order chi connectivity index (χ1) is 5.38. The third-order valence-corrected chi connectivity index (χ3v) is 2.34. The standard InChI is InChI=1S/C8H18N2O/c1-2-10-5-4-9-7-8(10)3-6-11/h8-9,11H,2-7H2,1H3/t8-/m1/s1. The Morgan fingerprint density at radius 3 is 3.09 bits per heavy atom. The summed E-state index contributed by atoms with van der Waals surface area (Å²) in [5.74, 6) is 0. The molecule has 1 rings (SSSR count). The summed E-state index contributed by atoms with van der Waals surface area (Å²) in [7, 11) is 0. The van der Waals surface area contributed by atoms with Crippen molar-refractivity contribution in [3.63, 3.8) is 0 Å². The van der Waals surface area contributed by atoms with E-state index in [1.165, 1.54) is 0 Å². The molecular formula is C8H18N2O. The number of piperazine rings is 1. The van der Waals surface area contributed by atoms with E-state index in [2.05, 4.69) is 17.1 Å². The van der Waals surface area contributed by atoms with E-state index in [4.69, 9.17) is 5.11 Å². The largest absolute Gasteiger partial charge is 0.396 e. The maximum absolute atomic E-state index is 8.78. The van der Waals surface area contributed by atoms with Gasteiger partial charge in [0.15, 0.2) is 0 Å². The van der Waals surface area contributed by atoms with Gasteiger partial charge in [-0.1, -0.05) is 6.92 Å². The molecule has 1 fully saturated rings. The molecule has 0 aromatic heterocycles. The normalized spacial score (nSPS) is 27.3. The van der Waals surface area contributed by atoms with Crippen molar-refractivity contribution in [2.45, 2.75) is 19.4 Å². The molecule has 0 saturated carbocycles. The summed E-state index contributed by atoms with van der Waals surface area (Å²) in [6.45, 7) is 6.84. The molecule has 1 saturated heterocycles. The summed E-state index contributed by atoms with van der Waals surface area (Å²) in [6, 6.07) is 0.554. The molecule has 0 spiro atoms. The Balaban J connectivity index is 2.31. The van der Waals surface area contributed by atoms with E-state index in [1.807, 2.05) is 0 Å². The highest BCUT2D eigenvalue weighted by molar-refractivity contribution is 4.78. The Morgan fingerprint density at radius 1 is 1.64 bits per heavy atom. The van der Waals surface area contributed by atoms with Crippen LogP contribution in [-0.4, -0.2) is 48.8 Å². The van der Waals surface area contributed by atoms with Crippen LogP contribution in [0.4, 0.5) is 0 Å². The summed E-state index contributed by atoms with van der Waals surface area (Å²) in [5, 5.41) is 12.1. The Kier molecular flexibility index (Phi) is 3.83. The minimum Gasteiger partial charge on any atom is -0.396 e. The van der Waals surface area contributed by atoms with Crippen LogP contribution in [0.2, 0.25) is 0 Å². The molecule has 1 heterocycles. The number of nitrogens with one attached hydrogen (secondary N) is 1. The van der Waals surface area contributed by atoms with Gasteiger partial charge in [-0.05, 0) is 13.0 Å². The van der Waals surface area contributed by atoms with Gasteiger partial charge in [0.1, 0.15) is 0 Å². The molecule has 3 nitrogen and oxygen atoms in total. The van der Waals surface area contributed by atoms with Crippen molar-refractivity contribution in [1.82, 2.24) is 10.2 Å². The molecule has 0 aliphatic carbocycles. The van der Waals surface area contributed by atoms with Crippen LogP contribution in [0.5, 0.6) is 0 Å².